The Morgan fingerprint density at radius 2 is 1.62 bits per heavy atom. The number of hydrogen-bond donors (Lipinski definition) is 0. The maximum Gasteiger partial charge on any atom is 0.254 e. The Bertz CT molecular complexity index is 759. The molecule has 0 spiro atoms. The van der Waals surface area contributed by atoms with Gasteiger partial charge in [0.05, 0.1) is 6.61 Å². The number of ether oxygens (including phenoxy) is 1. The van der Waals surface area contributed by atoms with Gasteiger partial charge in [0.1, 0.15) is 6.61 Å². The summed E-state index contributed by atoms with van der Waals surface area (Å²) in [6, 6.07) is 16.7. The molecule has 1 aliphatic rings. The molecule has 2 aromatic rings. The van der Waals surface area contributed by atoms with E-state index < -0.39 is 0 Å². The van der Waals surface area contributed by atoms with Gasteiger partial charge in [-0.2, -0.15) is 0 Å². The second kappa shape index (κ2) is 8.83. The molecule has 6 heteroatoms. The molecule has 0 bridgehead atoms. The van der Waals surface area contributed by atoms with Gasteiger partial charge < -0.3 is 14.5 Å². The predicted molar refractivity (Wildman–Crippen MR) is 100 cm³/mol. The SMILES string of the molecule is O=C(COCc1ccccc1)N1CCN(C(=O)c2cccc(Cl)c2)CC1. The Hall–Kier alpha value is -2.37. The molecule has 1 fully saturated rings. The fraction of sp³-hybridized carbons (Fsp3) is 0.300. The van der Waals surface area contributed by atoms with Crippen LogP contribution in [-0.2, 0) is 16.1 Å². The molecular formula is C20H21ClN2O3. The van der Waals surface area contributed by atoms with Gasteiger partial charge >= 0.3 is 0 Å². The van der Waals surface area contributed by atoms with Crippen LogP contribution in [0.4, 0.5) is 0 Å². The summed E-state index contributed by atoms with van der Waals surface area (Å²) >= 11 is 5.95. The largest absolute Gasteiger partial charge is 0.367 e. The van der Waals surface area contributed by atoms with E-state index in [0.717, 1.165) is 5.56 Å². The highest BCUT2D eigenvalue weighted by Gasteiger charge is 2.24. The first-order valence-electron chi connectivity index (χ1n) is 8.58. The van der Waals surface area contributed by atoms with Gasteiger partial charge in [-0.25, -0.2) is 0 Å². The summed E-state index contributed by atoms with van der Waals surface area (Å²) in [6.45, 7) is 2.52. The summed E-state index contributed by atoms with van der Waals surface area (Å²) < 4.78 is 5.51. The summed E-state index contributed by atoms with van der Waals surface area (Å²) in [6.07, 6.45) is 0. The second-order valence-electron chi connectivity index (χ2n) is 6.16. The van der Waals surface area contributed by atoms with Crippen molar-refractivity contribution >= 4 is 23.4 Å². The second-order valence-corrected chi connectivity index (χ2v) is 6.60. The summed E-state index contributed by atoms with van der Waals surface area (Å²) in [4.78, 5) is 28.2. The third kappa shape index (κ3) is 4.84. The van der Waals surface area contributed by atoms with E-state index in [1.807, 2.05) is 30.3 Å². The van der Waals surface area contributed by atoms with Crippen LogP contribution < -0.4 is 0 Å². The van der Waals surface area contributed by atoms with E-state index in [0.29, 0.717) is 43.4 Å². The van der Waals surface area contributed by atoms with E-state index >= 15 is 0 Å². The standard InChI is InChI=1S/C20H21ClN2O3/c21-18-8-4-7-17(13-18)20(25)23-11-9-22(10-12-23)19(24)15-26-14-16-5-2-1-3-6-16/h1-8,13H,9-12,14-15H2. The first-order valence-corrected chi connectivity index (χ1v) is 8.95. The van der Waals surface area contributed by atoms with Gasteiger partial charge in [-0.05, 0) is 23.8 Å². The zero-order valence-electron chi connectivity index (χ0n) is 14.4. The minimum absolute atomic E-state index is 0.0456. The van der Waals surface area contributed by atoms with Crippen LogP contribution in [0.5, 0.6) is 0 Å². The highest BCUT2D eigenvalue weighted by Crippen LogP contribution is 2.14. The molecule has 3 rings (SSSR count). The number of hydrogen-bond acceptors (Lipinski definition) is 3. The van der Waals surface area contributed by atoms with Crippen LogP contribution in [0.3, 0.4) is 0 Å². The third-order valence-corrected chi connectivity index (χ3v) is 4.56. The average Bonchev–Trinajstić information content (AvgIpc) is 2.68. The Kier molecular flexibility index (Phi) is 6.26. The van der Waals surface area contributed by atoms with Crippen molar-refractivity contribution < 1.29 is 14.3 Å². The van der Waals surface area contributed by atoms with Gasteiger partial charge in [-0.1, -0.05) is 48.0 Å². The third-order valence-electron chi connectivity index (χ3n) is 4.33. The molecule has 1 saturated heterocycles. The highest BCUT2D eigenvalue weighted by molar-refractivity contribution is 6.30. The van der Waals surface area contributed by atoms with Crippen molar-refractivity contribution in [3.63, 3.8) is 0 Å². The quantitative estimate of drug-likeness (QED) is 0.811. The fourth-order valence-electron chi connectivity index (χ4n) is 2.88. The van der Waals surface area contributed by atoms with Gasteiger partial charge in [0, 0.05) is 36.8 Å². The van der Waals surface area contributed by atoms with Crippen LogP contribution in [0.1, 0.15) is 15.9 Å². The van der Waals surface area contributed by atoms with Crippen molar-refractivity contribution in [3.8, 4) is 0 Å². The molecule has 136 valence electrons. The van der Waals surface area contributed by atoms with E-state index in [2.05, 4.69) is 0 Å². The van der Waals surface area contributed by atoms with Gasteiger partial charge in [0.2, 0.25) is 5.91 Å². The van der Waals surface area contributed by atoms with Crippen molar-refractivity contribution in [2.45, 2.75) is 6.61 Å². The number of piperazine rings is 1. The fourth-order valence-corrected chi connectivity index (χ4v) is 3.08. The molecule has 0 N–H and O–H groups in total. The smallest absolute Gasteiger partial charge is 0.254 e. The maximum atomic E-state index is 12.5. The Morgan fingerprint density at radius 1 is 0.923 bits per heavy atom. The van der Waals surface area contributed by atoms with Crippen LogP contribution in [0.25, 0.3) is 0 Å². The molecule has 0 radical (unpaired) electrons. The van der Waals surface area contributed by atoms with Crippen LogP contribution in [0.2, 0.25) is 5.02 Å². The van der Waals surface area contributed by atoms with Crippen molar-refractivity contribution in [2.75, 3.05) is 32.8 Å². The molecule has 0 saturated carbocycles. The average molecular weight is 373 g/mol. The number of rotatable bonds is 5. The molecule has 0 aromatic heterocycles. The Labute approximate surface area is 158 Å². The molecule has 2 aromatic carbocycles. The van der Waals surface area contributed by atoms with E-state index in [9.17, 15) is 9.59 Å². The van der Waals surface area contributed by atoms with Crippen molar-refractivity contribution in [2.24, 2.45) is 0 Å². The minimum atomic E-state index is -0.0556. The topological polar surface area (TPSA) is 49.9 Å². The molecule has 0 atom stereocenters. The molecular weight excluding hydrogens is 352 g/mol. The van der Waals surface area contributed by atoms with Gasteiger partial charge in [0.15, 0.2) is 0 Å². The molecule has 0 aliphatic carbocycles. The molecule has 26 heavy (non-hydrogen) atoms. The molecule has 2 amide bonds. The highest BCUT2D eigenvalue weighted by atomic mass is 35.5. The molecule has 0 unspecified atom stereocenters. The number of carbonyl (C=O) groups is 2. The lowest BCUT2D eigenvalue weighted by Gasteiger charge is -2.34. The van der Waals surface area contributed by atoms with Gasteiger partial charge in [-0.3, -0.25) is 9.59 Å². The zero-order valence-corrected chi connectivity index (χ0v) is 15.2. The van der Waals surface area contributed by atoms with Crippen LogP contribution in [-0.4, -0.2) is 54.4 Å². The van der Waals surface area contributed by atoms with Gasteiger partial charge in [0.25, 0.3) is 5.91 Å². The van der Waals surface area contributed by atoms with E-state index in [-0.39, 0.29) is 18.4 Å². The lowest BCUT2D eigenvalue weighted by Crippen LogP contribution is -2.51. The number of amides is 2. The molecule has 5 nitrogen and oxygen atoms in total. The maximum absolute atomic E-state index is 12.5. The zero-order chi connectivity index (χ0) is 18.4. The summed E-state index contributed by atoms with van der Waals surface area (Å²) in [5.41, 5.74) is 1.61. The number of carbonyl (C=O) groups excluding carboxylic acids is 2. The normalized spacial score (nSPS) is 14.3. The Morgan fingerprint density at radius 3 is 2.31 bits per heavy atom. The van der Waals surface area contributed by atoms with Gasteiger partial charge in [-0.15, -0.1) is 0 Å². The Balaban J connectivity index is 1.44. The molecule has 1 heterocycles. The van der Waals surface area contributed by atoms with Crippen molar-refractivity contribution in [1.82, 2.24) is 9.80 Å². The summed E-state index contributed by atoms with van der Waals surface area (Å²) in [7, 11) is 0. The van der Waals surface area contributed by atoms with Crippen LogP contribution in [0, 0.1) is 0 Å². The minimum Gasteiger partial charge on any atom is -0.367 e. The predicted octanol–water partition coefficient (Wildman–Crippen LogP) is 2.84. The van der Waals surface area contributed by atoms with Crippen LogP contribution in [0.15, 0.2) is 54.6 Å². The number of nitrogens with zero attached hydrogens (tertiary/aromatic N) is 2. The molecule has 1 aliphatic heterocycles. The number of benzene rings is 2. The first-order chi connectivity index (χ1) is 12.6. The first kappa shape index (κ1) is 18.4. The van der Waals surface area contributed by atoms with E-state index in [4.69, 9.17) is 16.3 Å². The van der Waals surface area contributed by atoms with Crippen molar-refractivity contribution in [1.29, 1.82) is 0 Å². The lowest BCUT2D eigenvalue weighted by atomic mass is 10.2. The van der Waals surface area contributed by atoms with Crippen LogP contribution >= 0.6 is 11.6 Å². The lowest BCUT2D eigenvalue weighted by molar-refractivity contribution is -0.138. The van der Waals surface area contributed by atoms with E-state index in [1.165, 1.54) is 0 Å². The van der Waals surface area contributed by atoms with Crippen molar-refractivity contribution in [3.05, 3.63) is 70.7 Å². The van der Waals surface area contributed by atoms with E-state index in [1.54, 1.807) is 34.1 Å². The number of halogens is 1. The monoisotopic (exact) mass is 372 g/mol. The summed E-state index contributed by atoms with van der Waals surface area (Å²) in [5, 5.41) is 0.542. The summed E-state index contributed by atoms with van der Waals surface area (Å²) in [5.74, 6) is -0.101.